The molecule has 1 atom stereocenters. The van der Waals surface area contributed by atoms with Crippen LogP contribution in [0.5, 0.6) is 5.75 Å². The van der Waals surface area contributed by atoms with Gasteiger partial charge in [0.05, 0.1) is 29.0 Å². The van der Waals surface area contributed by atoms with E-state index in [1.807, 2.05) is 6.92 Å². The smallest absolute Gasteiger partial charge is 0.243 e. The zero-order chi connectivity index (χ0) is 19.2. The summed E-state index contributed by atoms with van der Waals surface area (Å²) in [5.74, 6) is -0.0672. The quantitative estimate of drug-likeness (QED) is 0.669. The van der Waals surface area contributed by atoms with Gasteiger partial charge in [0.2, 0.25) is 15.9 Å². The van der Waals surface area contributed by atoms with Crippen molar-refractivity contribution in [1.29, 1.82) is 0 Å². The summed E-state index contributed by atoms with van der Waals surface area (Å²) in [6.07, 6.45) is 1.29. The third-order valence-corrected chi connectivity index (χ3v) is 6.36. The summed E-state index contributed by atoms with van der Waals surface area (Å²) in [6.45, 7) is 3.64. The molecule has 2 rings (SSSR count). The van der Waals surface area contributed by atoms with E-state index < -0.39 is 10.0 Å². The molecule has 1 N–H and O–H groups in total. The van der Waals surface area contributed by atoms with E-state index in [2.05, 4.69) is 5.32 Å². The lowest BCUT2D eigenvalue weighted by atomic mass is 9.99. The van der Waals surface area contributed by atoms with E-state index in [0.717, 1.165) is 0 Å². The molecule has 1 saturated heterocycles. The highest BCUT2D eigenvalue weighted by Gasteiger charge is 2.33. The summed E-state index contributed by atoms with van der Waals surface area (Å²) >= 11 is 6.12. The van der Waals surface area contributed by atoms with Gasteiger partial charge in [0.1, 0.15) is 5.75 Å². The van der Waals surface area contributed by atoms with Crippen molar-refractivity contribution in [2.24, 2.45) is 5.92 Å². The molecule has 1 aromatic rings. The SMILES string of the molecule is CCOc1ccc(S(=O)(=O)N2CCCC(C(=O)NCCOC)C2)cc1Cl. The van der Waals surface area contributed by atoms with Crippen LogP contribution in [0.2, 0.25) is 5.02 Å². The van der Waals surface area contributed by atoms with E-state index in [0.29, 0.717) is 44.9 Å². The highest BCUT2D eigenvalue weighted by Crippen LogP contribution is 2.30. The molecule has 1 aromatic carbocycles. The summed E-state index contributed by atoms with van der Waals surface area (Å²) < 4.78 is 37.4. The molecule has 1 fully saturated rings. The molecule has 1 heterocycles. The van der Waals surface area contributed by atoms with Crippen LogP contribution in [-0.4, -0.2) is 58.6 Å². The Morgan fingerprint density at radius 3 is 2.85 bits per heavy atom. The van der Waals surface area contributed by atoms with Gasteiger partial charge in [0.25, 0.3) is 0 Å². The first-order valence-corrected chi connectivity index (χ1v) is 10.4. The molecule has 1 amide bonds. The number of halogens is 1. The third-order valence-electron chi connectivity index (χ3n) is 4.20. The Morgan fingerprint density at radius 1 is 1.42 bits per heavy atom. The van der Waals surface area contributed by atoms with Gasteiger partial charge in [-0.1, -0.05) is 11.6 Å². The minimum atomic E-state index is -3.72. The summed E-state index contributed by atoms with van der Waals surface area (Å²) in [4.78, 5) is 12.3. The van der Waals surface area contributed by atoms with Crippen LogP contribution >= 0.6 is 11.6 Å². The van der Waals surface area contributed by atoms with Crippen molar-refractivity contribution in [2.45, 2.75) is 24.7 Å². The lowest BCUT2D eigenvalue weighted by Gasteiger charge is -2.31. The molecule has 9 heteroatoms. The zero-order valence-corrected chi connectivity index (χ0v) is 16.6. The van der Waals surface area contributed by atoms with E-state index in [1.54, 1.807) is 13.2 Å². The summed E-state index contributed by atoms with van der Waals surface area (Å²) in [6, 6.07) is 4.43. The second-order valence-corrected chi connectivity index (χ2v) is 8.36. The van der Waals surface area contributed by atoms with Crippen molar-refractivity contribution in [2.75, 3.05) is 40.0 Å². The Morgan fingerprint density at radius 2 is 2.19 bits per heavy atom. The van der Waals surface area contributed by atoms with Gasteiger partial charge in [-0.3, -0.25) is 4.79 Å². The number of carbonyl (C=O) groups is 1. The zero-order valence-electron chi connectivity index (χ0n) is 15.0. The van der Waals surface area contributed by atoms with Crippen molar-refractivity contribution in [3.63, 3.8) is 0 Å². The number of benzene rings is 1. The predicted octanol–water partition coefficient (Wildman–Crippen LogP) is 1.90. The van der Waals surface area contributed by atoms with Crippen LogP contribution in [0.4, 0.5) is 0 Å². The summed E-state index contributed by atoms with van der Waals surface area (Å²) in [7, 11) is -2.16. The van der Waals surface area contributed by atoms with Crippen LogP contribution in [0, 0.1) is 5.92 Å². The van der Waals surface area contributed by atoms with Crippen LogP contribution in [0.25, 0.3) is 0 Å². The molecule has 0 saturated carbocycles. The van der Waals surface area contributed by atoms with Gasteiger partial charge in [-0.25, -0.2) is 8.42 Å². The minimum Gasteiger partial charge on any atom is -0.492 e. The van der Waals surface area contributed by atoms with Gasteiger partial charge in [-0.15, -0.1) is 0 Å². The molecular formula is C17H25ClN2O5S. The number of nitrogens with one attached hydrogen (secondary N) is 1. The predicted molar refractivity (Wildman–Crippen MR) is 99.0 cm³/mol. The molecule has 1 aliphatic rings. The Hall–Kier alpha value is -1.35. The van der Waals surface area contributed by atoms with Gasteiger partial charge in [-0.2, -0.15) is 4.31 Å². The average Bonchev–Trinajstić information content (AvgIpc) is 2.63. The first kappa shape index (κ1) is 21.0. The molecule has 0 aliphatic carbocycles. The fourth-order valence-electron chi connectivity index (χ4n) is 2.86. The monoisotopic (exact) mass is 404 g/mol. The molecule has 26 heavy (non-hydrogen) atoms. The summed E-state index contributed by atoms with van der Waals surface area (Å²) in [5.41, 5.74) is 0. The molecule has 0 radical (unpaired) electrons. The second kappa shape index (κ2) is 9.55. The van der Waals surface area contributed by atoms with Crippen molar-refractivity contribution in [3.8, 4) is 5.75 Å². The average molecular weight is 405 g/mol. The molecular weight excluding hydrogens is 380 g/mol. The van der Waals surface area contributed by atoms with E-state index >= 15 is 0 Å². The Bertz CT molecular complexity index is 726. The maximum absolute atomic E-state index is 12.9. The number of piperidine rings is 1. The van der Waals surface area contributed by atoms with E-state index in [1.165, 1.54) is 16.4 Å². The second-order valence-electron chi connectivity index (χ2n) is 6.01. The molecule has 1 aliphatic heterocycles. The lowest BCUT2D eigenvalue weighted by molar-refractivity contribution is -0.126. The van der Waals surface area contributed by atoms with Gasteiger partial charge >= 0.3 is 0 Å². The number of carbonyl (C=O) groups excluding carboxylic acids is 1. The largest absolute Gasteiger partial charge is 0.492 e. The molecule has 146 valence electrons. The molecule has 7 nitrogen and oxygen atoms in total. The first-order chi connectivity index (χ1) is 12.4. The molecule has 0 spiro atoms. The number of amides is 1. The first-order valence-electron chi connectivity index (χ1n) is 8.59. The summed E-state index contributed by atoms with van der Waals surface area (Å²) in [5, 5.41) is 3.02. The van der Waals surface area contributed by atoms with Crippen molar-refractivity contribution in [3.05, 3.63) is 23.2 Å². The fourth-order valence-corrected chi connectivity index (χ4v) is 4.71. The van der Waals surface area contributed by atoms with Crippen molar-refractivity contribution < 1.29 is 22.7 Å². The number of nitrogens with zero attached hydrogens (tertiary/aromatic N) is 1. The number of ether oxygens (including phenoxy) is 2. The molecule has 0 bridgehead atoms. The Kier molecular flexibility index (Phi) is 7.69. The topological polar surface area (TPSA) is 84.9 Å². The maximum Gasteiger partial charge on any atom is 0.243 e. The fraction of sp³-hybridized carbons (Fsp3) is 0.588. The number of methoxy groups -OCH3 is 1. The highest BCUT2D eigenvalue weighted by atomic mass is 35.5. The van der Waals surface area contributed by atoms with Gasteiger partial charge in [-0.05, 0) is 38.0 Å². The van der Waals surface area contributed by atoms with E-state index in [-0.39, 0.29) is 28.3 Å². The number of rotatable bonds is 8. The van der Waals surface area contributed by atoms with E-state index in [9.17, 15) is 13.2 Å². The van der Waals surface area contributed by atoms with Crippen LogP contribution in [0.15, 0.2) is 23.1 Å². The Balaban J connectivity index is 2.10. The molecule has 0 aromatic heterocycles. The minimum absolute atomic E-state index is 0.103. The van der Waals surface area contributed by atoms with Gasteiger partial charge in [0, 0.05) is 26.7 Å². The van der Waals surface area contributed by atoms with Crippen LogP contribution in [-0.2, 0) is 19.6 Å². The van der Waals surface area contributed by atoms with Crippen LogP contribution < -0.4 is 10.1 Å². The standard InChI is InChI=1S/C17H25ClN2O5S/c1-3-25-16-7-6-14(11-15(16)18)26(22,23)20-9-4-5-13(12-20)17(21)19-8-10-24-2/h6-7,11,13H,3-5,8-10,12H2,1-2H3,(H,19,21). The number of hydrogen-bond donors (Lipinski definition) is 1. The molecule has 1 unspecified atom stereocenters. The highest BCUT2D eigenvalue weighted by molar-refractivity contribution is 7.89. The maximum atomic E-state index is 12.9. The van der Waals surface area contributed by atoms with Crippen LogP contribution in [0.3, 0.4) is 0 Å². The van der Waals surface area contributed by atoms with E-state index in [4.69, 9.17) is 21.1 Å². The van der Waals surface area contributed by atoms with Gasteiger partial charge in [0.15, 0.2) is 0 Å². The number of hydrogen-bond acceptors (Lipinski definition) is 5. The van der Waals surface area contributed by atoms with Crippen LogP contribution in [0.1, 0.15) is 19.8 Å². The van der Waals surface area contributed by atoms with Crippen molar-refractivity contribution >= 4 is 27.5 Å². The lowest BCUT2D eigenvalue weighted by Crippen LogP contribution is -2.45. The number of sulfonamides is 1. The normalized spacial score (nSPS) is 18.5. The third kappa shape index (κ3) is 5.09. The Labute approximate surface area is 159 Å². The van der Waals surface area contributed by atoms with Crippen molar-refractivity contribution in [1.82, 2.24) is 9.62 Å². The van der Waals surface area contributed by atoms with Gasteiger partial charge < -0.3 is 14.8 Å².